The third-order valence-electron chi connectivity index (χ3n) is 6.25. The Hall–Kier alpha value is -3.01. The minimum Gasteiger partial charge on any atom is -0.445 e. The van der Waals surface area contributed by atoms with Gasteiger partial charge in [-0.15, -0.1) is 0 Å². The van der Waals surface area contributed by atoms with E-state index in [1.54, 1.807) is 0 Å². The van der Waals surface area contributed by atoms with E-state index in [1.165, 1.54) is 0 Å². The van der Waals surface area contributed by atoms with Gasteiger partial charge in [-0.1, -0.05) is 30.3 Å². The fourth-order valence-electron chi connectivity index (χ4n) is 4.50. The van der Waals surface area contributed by atoms with Gasteiger partial charge in [-0.3, -0.25) is 0 Å². The number of amides is 3. The van der Waals surface area contributed by atoms with Crippen LogP contribution in [0.2, 0.25) is 0 Å². The van der Waals surface area contributed by atoms with E-state index < -0.39 is 23.4 Å². The van der Waals surface area contributed by atoms with Crippen molar-refractivity contribution in [3.63, 3.8) is 0 Å². The zero-order valence-corrected chi connectivity index (χ0v) is 24.6. The first kappa shape index (κ1) is 32.2. The van der Waals surface area contributed by atoms with E-state index in [4.69, 9.17) is 14.2 Å². The van der Waals surface area contributed by atoms with Crippen LogP contribution in [0.25, 0.3) is 0 Å². The monoisotopic (exact) mass is 548 g/mol. The SMILES string of the molecule is CC(C)(C)OC(=O)N[C@H]1CC[C@@H](NC(=O)OCc2ccccc2)C1.CN[C@@H]1CC[C@H](NC(=O)OC(C)(C)C)C1. The van der Waals surface area contributed by atoms with Gasteiger partial charge < -0.3 is 35.5 Å². The predicted molar refractivity (Wildman–Crippen MR) is 150 cm³/mol. The van der Waals surface area contributed by atoms with Crippen molar-refractivity contribution < 1.29 is 28.6 Å². The molecule has 2 aliphatic carbocycles. The fourth-order valence-corrected chi connectivity index (χ4v) is 4.50. The molecule has 0 radical (unpaired) electrons. The van der Waals surface area contributed by atoms with Crippen LogP contribution in [0.15, 0.2) is 30.3 Å². The third kappa shape index (κ3) is 14.1. The quantitative estimate of drug-likeness (QED) is 0.368. The highest BCUT2D eigenvalue weighted by molar-refractivity contribution is 5.69. The molecule has 0 aliphatic heterocycles. The van der Waals surface area contributed by atoms with E-state index in [0.717, 1.165) is 37.7 Å². The van der Waals surface area contributed by atoms with Crippen molar-refractivity contribution in [3.05, 3.63) is 35.9 Å². The van der Waals surface area contributed by atoms with Crippen LogP contribution in [0, 0.1) is 0 Å². The van der Waals surface area contributed by atoms with Gasteiger partial charge in [-0.2, -0.15) is 0 Å². The van der Waals surface area contributed by atoms with Crippen LogP contribution < -0.4 is 21.3 Å². The van der Waals surface area contributed by atoms with Crippen molar-refractivity contribution in [1.29, 1.82) is 0 Å². The summed E-state index contributed by atoms with van der Waals surface area (Å²) in [6.45, 7) is 11.4. The lowest BCUT2D eigenvalue weighted by Crippen LogP contribution is -2.39. The van der Waals surface area contributed by atoms with Gasteiger partial charge in [-0.05, 0) is 92.7 Å². The number of hydrogen-bond donors (Lipinski definition) is 4. The molecule has 39 heavy (non-hydrogen) atoms. The molecule has 10 heteroatoms. The summed E-state index contributed by atoms with van der Waals surface area (Å²) in [6.07, 6.45) is 4.30. The molecule has 0 unspecified atom stereocenters. The number of benzene rings is 1. The third-order valence-corrected chi connectivity index (χ3v) is 6.25. The lowest BCUT2D eigenvalue weighted by atomic mass is 10.2. The molecule has 0 saturated heterocycles. The second-order valence-electron chi connectivity index (χ2n) is 12.2. The Morgan fingerprint density at radius 1 is 0.692 bits per heavy atom. The van der Waals surface area contributed by atoms with Crippen LogP contribution in [-0.2, 0) is 20.8 Å². The summed E-state index contributed by atoms with van der Waals surface area (Å²) in [7, 11) is 1.96. The Morgan fingerprint density at radius 3 is 1.51 bits per heavy atom. The number of carbonyl (C=O) groups excluding carboxylic acids is 3. The Balaban J connectivity index is 0.000000306. The van der Waals surface area contributed by atoms with Gasteiger partial charge in [-0.25, -0.2) is 14.4 Å². The van der Waals surface area contributed by atoms with E-state index in [9.17, 15) is 14.4 Å². The fraction of sp³-hybridized carbons (Fsp3) is 0.690. The number of ether oxygens (including phenoxy) is 3. The second kappa shape index (κ2) is 15.0. The van der Waals surface area contributed by atoms with Crippen molar-refractivity contribution in [2.24, 2.45) is 0 Å². The normalized spacial score (nSPS) is 22.6. The molecule has 10 nitrogen and oxygen atoms in total. The average Bonchev–Trinajstić information content (AvgIpc) is 3.45. The molecule has 1 aromatic rings. The van der Waals surface area contributed by atoms with Gasteiger partial charge in [0.25, 0.3) is 0 Å². The number of hydrogen-bond acceptors (Lipinski definition) is 7. The van der Waals surface area contributed by atoms with Gasteiger partial charge in [0.15, 0.2) is 0 Å². The summed E-state index contributed by atoms with van der Waals surface area (Å²) >= 11 is 0. The zero-order valence-electron chi connectivity index (χ0n) is 24.6. The molecule has 220 valence electrons. The first-order valence-electron chi connectivity index (χ1n) is 13.9. The zero-order chi connectivity index (χ0) is 29.1. The van der Waals surface area contributed by atoms with Gasteiger partial charge in [0.05, 0.1) is 0 Å². The first-order valence-corrected chi connectivity index (χ1v) is 13.9. The molecule has 2 fully saturated rings. The molecule has 0 heterocycles. The Labute approximate surface area is 233 Å². The molecule has 2 aliphatic rings. The molecule has 1 aromatic carbocycles. The van der Waals surface area contributed by atoms with Crippen molar-refractivity contribution in [2.45, 2.75) is 122 Å². The van der Waals surface area contributed by atoms with E-state index in [0.29, 0.717) is 12.5 Å². The lowest BCUT2D eigenvalue weighted by molar-refractivity contribution is 0.0493. The predicted octanol–water partition coefficient (Wildman–Crippen LogP) is 5.01. The molecule has 3 rings (SSSR count). The topological polar surface area (TPSA) is 127 Å². The summed E-state index contributed by atoms with van der Waals surface area (Å²) in [5.74, 6) is 0. The summed E-state index contributed by atoms with van der Waals surface area (Å²) in [6, 6.07) is 10.4. The number of nitrogens with one attached hydrogen (secondary N) is 4. The molecular weight excluding hydrogens is 500 g/mol. The standard InChI is InChI=1S/C18H26N2O4.C11H22N2O2/c1-18(2,3)24-17(22)20-15-10-9-14(11-15)19-16(21)23-12-13-7-5-4-6-8-13;1-11(2,3)15-10(14)13-9-6-5-8(7-9)12-4/h4-8,14-15H,9-12H2,1-3H3,(H,19,21)(H,20,22);8-9,12H,5-7H2,1-4H3,(H,13,14)/t14-,15+;8-,9+/m11/s1. The van der Waals surface area contributed by atoms with Crippen molar-refractivity contribution >= 4 is 18.3 Å². The van der Waals surface area contributed by atoms with Crippen molar-refractivity contribution in [1.82, 2.24) is 21.3 Å². The highest BCUT2D eigenvalue weighted by Gasteiger charge is 2.29. The van der Waals surface area contributed by atoms with Crippen LogP contribution in [0.4, 0.5) is 14.4 Å². The highest BCUT2D eigenvalue weighted by Crippen LogP contribution is 2.21. The van der Waals surface area contributed by atoms with Gasteiger partial charge in [0.1, 0.15) is 17.8 Å². The number of rotatable bonds is 6. The Kier molecular flexibility index (Phi) is 12.3. The maximum atomic E-state index is 11.8. The molecule has 4 N–H and O–H groups in total. The summed E-state index contributed by atoms with van der Waals surface area (Å²) in [5, 5.41) is 11.8. The summed E-state index contributed by atoms with van der Waals surface area (Å²) < 4.78 is 15.6. The second-order valence-corrected chi connectivity index (χ2v) is 12.2. The van der Waals surface area contributed by atoms with Gasteiger partial charge in [0.2, 0.25) is 0 Å². The minimum atomic E-state index is -0.512. The average molecular weight is 549 g/mol. The van der Waals surface area contributed by atoms with E-state index in [1.807, 2.05) is 78.9 Å². The van der Waals surface area contributed by atoms with E-state index >= 15 is 0 Å². The largest absolute Gasteiger partial charge is 0.445 e. The molecule has 0 spiro atoms. The lowest BCUT2D eigenvalue weighted by Gasteiger charge is -2.21. The smallest absolute Gasteiger partial charge is 0.407 e. The molecular formula is C29H48N4O6. The minimum absolute atomic E-state index is 0.00760. The highest BCUT2D eigenvalue weighted by atomic mass is 16.6. The van der Waals surface area contributed by atoms with Crippen molar-refractivity contribution in [3.8, 4) is 0 Å². The van der Waals surface area contributed by atoms with E-state index in [2.05, 4.69) is 21.3 Å². The van der Waals surface area contributed by atoms with Crippen molar-refractivity contribution in [2.75, 3.05) is 7.05 Å². The number of alkyl carbamates (subject to hydrolysis) is 3. The first-order chi connectivity index (χ1) is 18.2. The number of carbonyl (C=O) groups is 3. The van der Waals surface area contributed by atoms with Gasteiger partial charge in [0, 0.05) is 24.2 Å². The van der Waals surface area contributed by atoms with Gasteiger partial charge >= 0.3 is 18.3 Å². The molecule has 0 bridgehead atoms. The van der Waals surface area contributed by atoms with Crippen LogP contribution in [0.5, 0.6) is 0 Å². The molecule has 3 amide bonds. The molecule has 0 aromatic heterocycles. The van der Waals surface area contributed by atoms with E-state index in [-0.39, 0.29) is 30.8 Å². The Morgan fingerprint density at radius 2 is 1.10 bits per heavy atom. The molecule has 2 saturated carbocycles. The van der Waals surface area contributed by atoms with Crippen LogP contribution >= 0.6 is 0 Å². The summed E-state index contributed by atoms with van der Waals surface area (Å²) in [5.41, 5.74) is 0.0238. The Bertz CT molecular complexity index is 913. The van der Waals surface area contributed by atoms with Crippen LogP contribution in [-0.4, -0.2) is 60.7 Å². The maximum absolute atomic E-state index is 11.8. The van der Waals surface area contributed by atoms with Crippen LogP contribution in [0.1, 0.15) is 85.6 Å². The molecule has 4 atom stereocenters. The maximum Gasteiger partial charge on any atom is 0.407 e. The summed E-state index contributed by atoms with van der Waals surface area (Å²) in [4.78, 5) is 35.1. The van der Waals surface area contributed by atoms with Crippen LogP contribution in [0.3, 0.4) is 0 Å².